The van der Waals surface area contributed by atoms with E-state index in [1.807, 2.05) is 41.5 Å². The first-order valence-corrected chi connectivity index (χ1v) is 29.1. The maximum Gasteiger partial charge on any atom is 0.138 e. The van der Waals surface area contributed by atoms with Crippen LogP contribution in [-0.4, -0.2) is 45.9 Å². The normalized spacial score (nSPS) is 13.9. The quantitative estimate of drug-likeness (QED) is 0.186. The molecule has 0 saturated carbocycles. The molecule has 0 bridgehead atoms. The van der Waals surface area contributed by atoms with Gasteiger partial charge in [0.25, 0.3) is 0 Å². The van der Waals surface area contributed by atoms with Crippen molar-refractivity contribution < 1.29 is 14.3 Å². The second kappa shape index (κ2) is 33.6. The summed E-state index contributed by atoms with van der Waals surface area (Å²) in [7, 11) is 0. The van der Waals surface area contributed by atoms with E-state index in [4.69, 9.17) is 4.74 Å². The second-order valence-corrected chi connectivity index (χ2v) is 36.1. The summed E-state index contributed by atoms with van der Waals surface area (Å²) in [6.07, 6.45) is 13.5. The third-order valence-electron chi connectivity index (χ3n) is 10.7. The standard InChI is InChI=1S/C13H28.C11H25N.C11H22O.C10H20O.C10H22O.C10H22S/c1-12(2,3)10-8-7-9-11-13(4,5)6;1-10(2,3)8-7-9-12-11(4,5)6;1-10(2,3)8-7-9(12)11(4,5)6;1-9(2,3)7-8(11)10(4,5)6;1-8(9(2,3)4)11-10(5,6)7;1-9(2,3)7-8-11-10(4,5)6/h7-11H2,1-6H3;12H,7-9H2,1-6H3;7-8H2,1-6H3;7H2,1-6H3;8H,1-7H3;7-8H2,1-6H3. The Hall–Kier alpha value is -0.390. The number of nitrogens with one attached hydrogen (secondary N) is 1. The van der Waals surface area contributed by atoms with Crippen molar-refractivity contribution in [2.24, 2.45) is 48.7 Å². The smallest absolute Gasteiger partial charge is 0.138 e. The summed E-state index contributed by atoms with van der Waals surface area (Å²) in [5.74, 6) is 2.01. The molecule has 1 unspecified atom stereocenters. The van der Waals surface area contributed by atoms with Gasteiger partial charge in [-0.25, -0.2) is 0 Å². The first-order chi connectivity index (χ1) is 30.0. The van der Waals surface area contributed by atoms with Crippen molar-refractivity contribution in [2.75, 3.05) is 12.3 Å². The number of carbonyl (C=O) groups is 2. The molecule has 0 heterocycles. The highest BCUT2D eigenvalue weighted by molar-refractivity contribution is 8.00. The molecule has 5 heteroatoms. The van der Waals surface area contributed by atoms with Crippen molar-refractivity contribution in [1.29, 1.82) is 0 Å². The van der Waals surface area contributed by atoms with Gasteiger partial charge >= 0.3 is 0 Å². The summed E-state index contributed by atoms with van der Waals surface area (Å²) in [6.45, 7) is 82.0. The SMILES string of the molecule is CC(C)(C)CC(=O)C(C)(C)C.CC(C)(C)CCC(=O)C(C)(C)C.CC(C)(C)CCCCCC(C)(C)C.CC(C)(C)CCCNC(C)(C)C.CC(C)(C)CCSC(C)(C)C.CC(OC(C)(C)C)C(C)(C)C. The third-order valence-corrected chi connectivity index (χ3v) is 12.0. The van der Waals surface area contributed by atoms with Crippen molar-refractivity contribution in [3.8, 4) is 0 Å². The molecule has 428 valence electrons. The Morgan fingerprint density at radius 2 is 0.743 bits per heavy atom. The maximum absolute atomic E-state index is 11.5. The van der Waals surface area contributed by atoms with Crippen molar-refractivity contribution in [3.63, 3.8) is 0 Å². The fourth-order valence-corrected chi connectivity index (χ4v) is 6.88. The number of carbonyl (C=O) groups excluding carboxylic acids is 2. The lowest BCUT2D eigenvalue weighted by atomic mass is 9.80. The lowest BCUT2D eigenvalue weighted by Gasteiger charge is -2.33. The lowest BCUT2D eigenvalue weighted by molar-refractivity contribution is -0.128. The molecule has 1 N–H and O–H groups in total. The Morgan fingerprint density at radius 1 is 0.414 bits per heavy atom. The van der Waals surface area contributed by atoms with Gasteiger partial charge in [0.05, 0.1) is 11.7 Å². The molecule has 0 spiro atoms. The molecule has 0 aliphatic rings. The van der Waals surface area contributed by atoms with Gasteiger partial charge in [-0.3, -0.25) is 9.59 Å². The molecule has 0 radical (unpaired) electrons. The third kappa shape index (κ3) is 81.7. The van der Waals surface area contributed by atoms with Crippen LogP contribution in [0.2, 0.25) is 0 Å². The number of rotatable bonds is 13. The van der Waals surface area contributed by atoms with Crippen molar-refractivity contribution >= 4 is 23.3 Å². The second-order valence-electron chi connectivity index (χ2n) is 34.2. The monoisotopic (exact) mass is 1010 g/mol. The number of ether oxygens (including phenoxy) is 1. The predicted octanol–water partition coefficient (Wildman–Crippen LogP) is 21.9. The number of ketones is 2. The number of Topliss-reactive ketones (excluding diaryl/α,β-unsaturated/α-hetero) is 2. The minimum absolute atomic E-state index is 0.0211. The van der Waals surface area contributed by atoms with Gasteiger partial charge in [-0.05, 0) is 137 Å². The highest BCUT2D eigenvalue weighted by Gasteiger charge is 2.27. The van der Waals surface area contributed by atoms with Gasteiger partial charge in [0.15, 0.2) is 0 Å². The van der Waals surface area contributed by atoms with Gasteiger partial charge in [-0.2, -0.15) is 11.8 Å². The highest BCUT2D eigenvalue weighted by atomic mass is 32.2. The molecule has 4 nitrogen and oxygen atoms in total. The maximum atomic E-state index is 11.5. The average Bonchev–Trinajstić information content (AvgIpc) is 3.01. The first-order valence-electron chi connectivity index (χ1n) is 28.1. The van der Waals surface area contributed by atoms with E-state index in [1.54, 1.807) is 0 Å². The predicted molar refractivity (Wildman–Crippen MR) is 326 cm³/mol. The molecule has 0 aliphatic carbocycles. The molecule has 1 atom stereocenters. The van der Waals surface area contributed by atoms with E-state index in [1.165, 1.54) is 57.1 Å². The summed E-state index contributed by atoms with van der Waals surface area (Å²) in [4.78, 5) is 23.0. The highest BCUT2D eigenvalue weighted by Crippen LogP contribution is 2.31. The van der Waals surface area contributed by atoms with Gasteiger partial charge in [0.2, 0.25) is 0 Å². The molecule has 0 aromatic rings. The van der Waals surface area contributed by atoms with Gasteiger partial charge in [0, 0.05) is 34.0 Å². The fourth-order valence-electron chi connectivity index (χ4n) is 5.55. The molecule has 0 aliphatic heterocycles. The van der Waals surface area contributed by atoms with E-state index in [-0.39, 0.29) is 38.2 Å². The van der Waals surface area contributed by atoms with E-state index in [2.05, 4.69) is 232 Å². The van der Waals surface area contributed by atoms with Crippen LogP contribution in [0.25, 0.3) is 0 Å². The Labute approximate surface area is 450 Å². The largest absolute Gasteiger partial charge is 0.372 e. The van der Waals surface area contributed by atoms with E-state index in [9.17, 15) is 9.59 Å². The van der Waals surface area contributed by atoms with Gasteiger partial charge < -0.3 is 10.1 Å². The topological polar surface area (TPSA) is 55.4 Å². The van der Waals surface area contributed by atoms with Crippen LogP contribution in [0.15, 0.2) is 0 Å². The zero-order valence-electron chi connectivity index (χ0n) is 55.9. The van der Waals surface area contributed by atoms with Crippen molar-refractivity contribution in [2.45, 2.75) is 349 Å². The summed E-state index contributed by atoms with van der Waals surface area (Å²) in [5, 5.41) is 3.49. The fraction of sp³-hybridized carbons (Fsp3) is 0.969. The van der Waals surface area contributed by atoms with Gasteiger partial charge in [-0.1, -0.05) is 227 Å². The van der Waals surface area contributed by atoms with Crippen LogP contribution in [0.1, 0.15) is 327 Å². The minimum atomic E-state index is -0.173. The van der Waals surface area contributed by atoms with E-state index in [0.29, 0.717) is 56.9 Å². The van der Waals surface area contributed by atoms with Crippen LogP contribution in [0.4, 0.5) is 0 Å². The lowest BCUT2D eigenvalue weighted by Crippen LogP contribution is -2.36. The molecule has 0 rings (SSSR count). The number of thioether (sulfide) groups is 1. The van der Waals surface area contributed by atoms with Gasteiger partial charge in [-0.15, -0.1) is 0 Å². The van der Waals surface area contributed by atoms with E-state index in [0.717, 1.165) is 13.0 Å². The summed E-state index contributed by atoms with van der Waals surface area (Å²) >= 11 is 2.06. The molecule has 0 aromatic carbocycles. The summed E-state index contributed by atoms with van der Waals surface area (Å²) in [6, 6.07) is 0. The molecule has 70 heavy (non-hydrogen) atoms. The number of unbranched alkanes of at least 4 members (excludes halogenated alkanes) is 2. The Morgan fingerprint density at radius 3 is 0.957 bits per heavy atom. The average molecular weight is 1010 g/mol. The van der Waals surface area contributed by atoms with E-state index >= 15 is 0 Å². The van der Waals surface area contributed by atoms with E-state index < -0.39 is 0 Å². The van der Waals surface area contributed by atoms with Crippen LogP contribution in [0.5, 0.6) is 0 Å². The van der Waals surface area contributed by atoms with Crippen LogP contribution >= 0.6 is 11.8 Å². The minimum Gasteiger partial charge on any atom is -0.372 e. The molecule has 0 saturated heterocycles. The Balaban J connectivity index is -0.000000176. The first kappa shape index (κ1) is 81.0. The van der Waals surface area contributed by atoms with Crippen molar-refractivity contribution in [1.82, 2.24) is 5.32 Å². The van der Waals surface area contributed by atoms with Crippen molar-refractivity contribution in [3.05, 3.63) is 0 Å². The number of hydrogen-bond donors (Lipinski definition) is 1. The number of hydrogen-bond acceptors (Lipinski definition) is 5. The Bertz CT molecular complexity index is 1240. The van der Waals surface area contributed by atoms with Crippen LogP contribution < -0.4 is 5.32 Å². The van der Waals surface area contributed by atoms with Gasteiger partial charge in [0.1, 0.15) is 11.6 Å². The van der Waals surface area contributed by atoms with Crippen LogP contribution in [-0.2, 0) is 14.3 Å². The zero-order chi connectivity index (χ0) is 58.0. The Kier molecular flexibility index (Phi) is 38.9. The molecule has 0 fully saturated rings. The summed E-state index contributed by atoms with van der Waals surface area (Å²) < 4.78 is 6.24. The van der Waals surface area contributed by atoms with Crippen LogP contribution in [0.3, 0.4) is 0 Å². The molecular formula is C65H139NO3S. The molecular weight excluding hydrogens is 875 g/mol. The van der Waals surface area contributed by atoms with Crippen LogP contribution in [0, 0.1) is 48.7 Å². The molecule has 0 aromatic heterocycles. The zero-order valence-corrected chi connectivity index (χ0v) is 56.7. The molecule has 0 amide bonds. The summed E-state index contributed by atoms with van der Waals surface area (Å²) in [5.41, 5.74) is 2.61.